The number of hydrogen-bond donors (Lipinski definition) is 2. The zero-order valence-electron chi connectivity index (χ0n) is 12.2. The molecule has 1 amide bonds. The van der Waals surface area contributed by atoms with Crippen molar-refractivity contribution in [3.05, 3.63) is 47.7 Å². The maximum Gasteiger partial charge on any atom is 0.280 e. The fraction of sp³-hybridized carbons (Fsp3) is 0.235. The molecule has 0 saturated carbocycles. The van der Waals surface area contributed by atoms with Crippen molar-refractivity contribution in [1.29, 1.82) is 0 Å². The minimum atomic E-state index is -0.436. The summed E-state index contributed by atoms with van der Waals surface area (Å²) in [5.74, 6) is -0.666. The Morgan fingerprint density at radius 1 is 1.18 bits per heavy atom. The zero-order chi connectivity index (χ0) is 15.5. The fourth-order valence-corrected chi connectivity index (χ4v) is 2.82. The molecule has 5 nitrogen and oxygen atoms in total. The average molecular weight is 294 g/mol. The van der Waals surface area contributed by atoms with Crippen LogP contribution in [0.4, 0.5) is 0 Å². The summed E-state index contributed by atoms with van der Waals surface area (Å²) in [6.45, 7) is 0. The largest absolute Gasteiger partial charge is 0.370 e. The highest BCUT2D eigenvalue weighted by molar-refractivity contribution is 6.05. The van der Waals surface area contributed by atoms with Crippen LogP contribution in [0.15, 0.2) is 41.5 Å². The number of aliphatic imine (C=N–C) groups is 1. The summed E-state index contributed by atoms with van der Waals surface area (Å²) in [6, 6.07) is 7.36. The van der Waals surface area contributed by atoms with Gasteiger partial charge in [0.25, 0.3) is 5.91 Å². The van der Waals surface area contributed by atoms with Crippen LogP contribution in [0.3, 0.4) is 0 Å². The zero-order valence-corrected chi connectivity index (χ0v) is 12.2. The Morgan fingerprint density at radius 3 is 2.77 bits per heavy atom. The van der Waals surface area contributed by atoms with Gasteiger partial charge in [-0.05, 0) is 61.1 Å². The van der Waals surface area contributed by atoms with Crippen molar-refractivity contribution >= 4 is 28.3 Å². The lowest BCUT2D eigenvalue weighted by atomic mass is 9.91. The third-order valence-corrected chi connectivity index (χ3v) is 3.86. The molecule has 0 bridgehead atoms. The van der Waals surface area contributed by atoms with Crippen LogP contribution in [0.25, 0.3) is 16.5 Å². The van der Waals surface area contributed by atoms with Crippen molar-refractivity contribution in [2.24, 2.45) is 16.5 Å². The van der Waals surface area contributed by atoms with E-state index in [-0.39, 0.29) is 5.96 Å². The van der Waals surface area contributed by atoms with E-state index in [1.807, 2.05) is 24.4 Å². The van der Waals surface area contributed by atoms with Crippen LogP contribution in [0.2, 0.25) is 0 Å². The monoisotopic (exact) mass is 294 g/mol. The average Bonchev–Trinajstić information content (AvgIpc) is 2.54. The van der Waals surface area contributed by atoms with Gasteiger partial charge in [-0.15, -0.1) is 0 Å². The van der Waals surface area contributed by atoms with Gasteiger partial charge in [0.1, 0.15) is 0 Å². The number of allylic oxidation sites excluding steroid dienone is 2. The molecule has 0 atom stereocenters. The van der Waals surface area contributed by atoms with Gasteiger partial charge in [-0.3, -0.25) is 9.78 Å². The molecular formula is C17H18N4O. The van der Waals surface area contributed by atoms with Crippen LogP contribution in [-0.2, 0) is 0 Å². The molecule has 1 aromatic heterocycles. The van der Waals surface area contributed by atoms with E-state index in [0.29, 0.717) is 5.56 Å². The first-order chi connectivity index (χ1) is 10.6. The second kappa shape index (κ2) is 5.97. The van der Waals surface area contributed by atoms with Gasteiger partial charge in [0, 0.05) is 17.1 Å². The molecule has 1 aliphatic carbocycles. The lowest BCUT2D eigenvalue weighted by Gasteiger charge is -2.15. The summed E-state index contributed by atoms with van der Waals surface area (Å²) in [4.78, 5) is 20.0. The van der Waals surface area contributed by atoms with Crippen LogP contribution in [0.5, 0.6) is 0 Å². The summed E-state index contributed by atoms with van der Waals surface area (Å²) in [6.07, 6.45) is 8.69. The molecular weight excluding hydrogens is 276 g/mol. The highest BCUT2D eigenvalue weighted by atomic mass is 16.1. The normalized spacial score (nSPS) is 14.5. The Labute approximate surface area is 128 Å². The number of aromatic nitrogens is 1. The molecule has 22 heavy (non-hydrogen) atoms. The predicted octanol–water partition coefficient (Wildman–Crippen LogP) is 2.61. The van der Waals surface area contributed by atoms with Gasteiger partial charge < -0.3 is 11.5 Å². The Kier molecular flexibility index (Phi) is 3.87. The van der Waals surface area contributed by atoms with Gasteiger partial charge in [-0.1, -0.05) is 6.08 Å². The lowest BCUT2D eigenvalue weighted by Crippen LogP contribution is -2.24. The van der Waals surface area contributed by atoms with Gasteiger partial charge in [0.2, 0.25) is 0 Å². The molecule has 3 rings (SSSR count). The number of pyridine rings is 1. The third kappa shape index (κ3) is 2.83. The van der Waals surface area contributed by atoms with Crippen LogP contribution >= 0.6 is 0 Å². The minimum absolute atomic E-state index is 0.230. The summed E-state index contributed by atoms with van der Waals surface area (Å²) < 4.78 is 0. The molecule has 0 aliphatic heterocycles. The molecule has 0 fully saturated rings. The smallest absolute Gasteiger partial charge is 0.280 e. The van der Waals surface area contributed by atoms with E-state index >= 15 is 0 Å². The predicted molar refractivity (Wildman–Crippen MR) is 88.3 cm³/mol. The van der Waals surface area contributed by atoms with Gasteiger partial charge in [-0.2, -0.15) is 4.99 Å². The molecule has 1 heterocycles. The van der Waals surface area contributed by atoms with Crippen LogP contribution in [0.1, 0.15) is 41.6 Å². The maximum absolute atomic E-state index is 12.0. The number of rotatable bonds is 2. The van der Waals surface area contributed by atoms with E-state index in [1.165, 1.54) is 18.4 Å². The second-order valence-corrected chi connectivity index (χ2v) is 5.41. The number of hydrogen-bond acceptors (Lipinski definition) is 2. The van der Waals surface area contributed by atoms with Crippen molar-refractivity contribution in [3.63, 3.8) is 0 Å². The molecule has 5 heteroatoms. The van der Waals surface area contributed by atoms with E-state index in [4.69, 9.17) is 11.5 Å². The Balaban J connectivity index is 2.12. The summed E-state index contributed by atoms with van der Waals surface area (Å²) >= 11 is 0. The Bertz CT molecular complexity index is 788. The Hall–Kier alpha value is -2.69. The van der Waals surface area contributed by atoms with Crippen molar-refractivity contribution in [1.82, 2.24) is 4.98 Å². The number of nitrogens with two attached hydrogens (primary N) is 2. The maximum atomic E-state index is 12.0. The Morgan fingerprint density at radius 2 is 2.05 bits per heavy atom. The third-order valence-electron chi connectivity index (χ3n) is 3.86. The molecule has 4 N–H and O–H groups in total. The standard InChI is InChI=1S/C17H18N4O/c18-17(19)21-16(22)12-6-7-15-14(10-12)13(8-9-20-15)11-4-2-1-3-5-11/h4,6-10H,1-3,5H2,(H4,18,19,21,22). The summed E-state index contributed by atoms with van der Waals surface area (Å²) in [7, 11) is 0. The highest BCUT2D eigenvalue weighted by Crippen LogP contribution is 2.31. The molecule has 1 aromatic carbocycles. The second-order valence-electron chi connectivity index (χ2n) is 5.41. The fourth-order valence-electron chi connectivity index (χ4n) is 2.82. The SMILES string of the molecule is NC(N)=NC(=O)c1ccc2nccc(C3=CCCCC3)c2c1. The van der Waals surface area contributed by atoms with Gasteiger partial charge in [0.15, 0.2) is 5.96 Å². The molecule has 1 aliphatic rings. The van der Waals surface area contributed by atoms with Crippen molar-refractivity contribution in [2.75, 3.05) is 0 Å². The molecule has 0 unspecified atom stereocenters. The van der Waals surface area contributed by atoms with Crippen LogP contribution in [-0.4, -0.2) is 16.9 Å². The van der Waals surface area contributed by atoms with E-state index in [9.17, 15) is 4.79 Å². The topological polar surface area (TPSA) is 94.4 Å². The van der Waals surface area contributed by atoms with Gasteiger partial charge in [-0.25, -0.2) is 0 Å². The number of fused-ring (bicyclic) bond motifs is 1. The molecule has 2 aromatic rings. The van der Waals surface area contributed by atoms with Crippen LogP contribution < -0.4 is 11.5 Å². The van der Waals surface area contributed by atoms with Crippen LogP contribution in [0, 0.1) is 0 Å². The first-order valence-electron chi connectivity index (χ1n) is 7.37. The number of carbonyl (C=O) groups excluding carboxylic acids is 1. The molecule has 0 radical (unpaired) electrons. The van der Waals surface area contributed by atoms with Crippen molar-refractivity contribution in [3.8, 4) is 0 Å². The van der Waals surface area contributed by atoms with Gasteiger partial charge in [0.05, 0.1) is 5.52 Å². The van der Waals surface area contributed by atoms with Crippen molar-refractivity contribution < 1.29 is 4.79 Å². The molecule has 0 spiro atoms. The van der Waals surface area contributed by atoms with E-state index in [1.54, 1.807) is 6.07 Å². The number of guanidine groups is 1. The summed E-state index contributed by atoms with van der Waals surface area (Å²) in [5.41, 5.74) is 14.3. The number of benzene rings is 1. The minimum Gasteiger partial charge on any atom is -0.370 e. The number of nitrogens with zero attached hydrogens (tertiary/aromatic N) is 2. The first kappa shape index (κ1) is 14.3. The number of amides is 1. The molecule has 0 saturated heterocycles. The lowest BCUT2D eigenvalue weighted by molar-refractivity contribution is 0.100. The first-order valence-corrected chi connectivity index (χ1v) is 7.37. The molecule has 112 valence electrons. The van der Waals surface area contributed by atoms with Gasteiger partial charge >= 0.3 is 0 Å². The van der Waals surface area contributed by atoms with E-state index in [2.05, 4.69) is 16.1 Å². The highest BCUT2D eigenvalue weighted by Gasteiger charge is 2.12. The van der Waals surface area contributed by atoms with Crippen molar-refractivity contribution in [2.45, 2.75) is 25.7 Å². The van der Waals surface area contributed by atoms with E-state index in [0.717, 1.165) is 29.3 Å². The number of carbonyl (C=O) groups is 1. The van der Waals surface area contributed by atoms with E-state index < -0.39 is 5.91 Å². The quantitative estimate of drug-likeness (QED) is 0.657. The summed E-state index contributed by atoms with van der Waals surface area (Å²) in [5, 5.41) is 0.965.